The number of hydrogen-bond donors (Lipinski definition) is 0. The average Bonchev–Trinajstić information content (AvgIpc) is 2.32. The minimum absolute atomic E-state index is 0.335. The van der Waals surface area contributed by atoms with Crippen molar-refractivity contribution in [3.8, 4) is 5.75 Å². The molecule has 0 spiro atoms. The van der Waals surface area contributed by atoms with E-state index in [0.29, 0.717) is 21.4 Å². The van der Waals surface area contributed by atoms with Crippen molar-refractivity contribution in [1.82, 2.24) is 0 Å². The van der Waals surface area contributed by atoms with E-state index in [0.717, 1.165) is 16.7 Å². The van der Waals surface area contributed by atoms with Gasteiger partial charge in [-0.05, 0) is 50.1 Å². The number of halogens is 2. The van der Waals surface area contributed by atoms with Gasteiger partial charge in [0.15, 0.2) is 0 Å². The average molecular weight is 309 g/mol. The maximum absolute atomic E-state index is 12.2. The fourth-order valence-electron chi connectivity index (χ4n) is 2.15. The van der Waals surface area contributed by atoms with Gasteiger partial charge in [0, 0.05) is 10.0 Å². The van der Waals surface area contributed by atoms with Gasteiger partial charge in [-0.1, -0.05) is 40.9 Å². The van der Waals surface area contributed by atoms with Crippen molar-refractivity contribution in [3.63, 3.8) is 0 Å². The Morgan fingerprint density at radius 2 is 1.40 bits per heavy atom. The lowest BCUT2D eigenvalue weighted by atomic mass is 10.1. The molecule has 0 saturated heterocycles. The number of benzene rings is 2. The van der Waals surface area contributed by atoms with Crippen LogP contribution in [0.25, 0.3) is 0 Å². The topological polar surface area (TPSA) is 26.3 Å². The van der Waals surface area contributed by atoms with E-state index >= 15 is 0 Å². The highest BCUT2D eigenvalue weighted by Crippen LogP contribution is 2.26. The third-order valence-corrected chi connectivity index (χ3v) is 3.33. The van der Waals surface area contributed by atoms with Crippen molar-refractivity contribution in [2.45, 2.75) is 20.8 Å². The minimum atomic E-state index is -0.468. The molecule has 0 aromatic heterocycles. The van der Waals surface area contributed by atoms with Gasteiger partial charge in [-0.2, -0.15) is 0 Å². The van der Waals surface area contributed by atoms with Gasteiger partial charge in [-0.3, -0.25) is 0 Å². The van der Waals surface area contributed by atoms with Crippen LogP contribution in [0.15, 0.2) is 30.3 Å². The first kappa shape index (κ1) is 14.9. The van der Waals surface area contributed by atoms with Gasteiger partial charge >= 0.3 is 5.97 Å². The Balaban J connectivity index is 2.32. The molecule has 0 bridgehead atoms. The second-order valence-corrected chi connectivity index (χ2v) is 5.65. The zero-order chi connectivity index (χ0) is 14.9. The van der Waals surface area contributed by atoms with Crippen LogP contribution >= 0.6 is 23.2 Å². The molecule has 4 heteroatoms. The molecule has 0 atom stereocenters. The van der Waals surface area contributed by atoms with Gasteiger partial charge in [0.1, 0.15) is 5.75 Å². The molecule has 2 aromatic rings. The van der Waals surface area contributed by atoms with Gasteiger partial charge in [-0.25, -0.2) is 4.79 Å². The van der Waals surface area contributed by atoms with Gasteiger partial charge in [-0.15, -0.1) is 0 Å². The van der Waals surface area contributed by atoms with Crippen LogP contribution in [-0.4, -0.2) is 5.97 Å². The fraction of sp³-hybridized carbons (Fsp3) is 0.188. The second kappa shape index (κ2) is 5.86. The Bertz CT molecular complexity index is 635. The van der Waals surface area contributed by atoms with Crippen LogP contribution < -0.4 is 4.74 Å². The third kappa shape index (κ3) is 3.33. The first-order valence-corrected chi connectivity index (χ1v) is 6.88. The van der Waals surface area contributed by atoms with E-state index in [4.69, 9.17) is 27.9 Å². The molecule has 0 radical (unpaired) electrons. The van der Waals surface area contributed by atoms with Crippen molar-refractivity contribution in [3.05, 3.63) is 62.6 Å². The van der Waals surface area contributed by atoms with Crippen LogP contribution in [0, 0.1) is 20.8 Å². The summed E-state index contributed by atoms with van der Waals surface area (Å²) in [5.41, 5.74) is 3.31. The van der Waals surface area contributed by atoms with E-state index in [2.05, 4.69) is 0 Å². The van der Waals surface area contributed by atoms with Gasteiger partial charge in [0.05, 0.1) is 5.56 Å². The second-order valence-electron chi connectivity index (χ2n) is 4.78. The highest BCUT2D eigenvalue weighted by atomic mass is 35.5. The Morgan fingerprint density at radius 1 is 0.900 bits per heavy atom. The molecule has 0 aliphatic rings. The number of aryl methyl sites for hydroxylation is 3. The number of carbonyl (C=O) groups is 1. The first-order valence-electron chi connectivity index (χ1n) is 6.13. The molecule has 0 aliphatic carbocycles. The summed E-state index contributed by atoms with van der Waals surface area (Å²) < 4.78 is 5.47. The van der Waals surface area contributed by atoms with Crippen LogP contribution in [0.5, 0.6) is 5.75 Å². The Morgan fingerprint density at radius 3 is 1.90 bits per heavy atom. The van der Waals surface area contributed by atoms with Gasteiger partial charge in [0.2, 0.25) is 0 Å². The molecule has 0 unspecified atom stereocenters. The zero-order valence-electron chi connectivity index (χ0n) is 11.5. The standard InChI is InChI=1S/C16H14Cl2O2/c1-9-4-10(2)15(11(3)5-9)20-16(19)12-6-13(17)8-14(18)7-12/h4-8H,1-3H3. The summed E-state index contributed by atoms with van der Waals surface area (Å²) in [5, 5.41) is 0.809. The van der Waals surface area contributed by atoms with E-state index in [1.165, 1.54) is 12.1 Å². The third-order valence-electron chi connectivity index (χ3n) is 2.90. The van der Waals surface area contributed by atoms with Crippen molar-refractivity contribution < 1.29 is 9.53 Å². The minimum Gasteiger partial charge on any atom is -0.422 e. The number of carbonyl (C=O) groups excluding carboxylic acids is 1. The van der Waals surface area contributed by atoms with Crippen LogP contribution in [0.2, 0.25) is 10.0 Å². The highest BCUT2D eigenvalue weighted by Gasteiger charge is 2.14. The number of hydrogen-bond acceptors (Lipinski definition) is 2. The predicted molar refractivity (Wildman–Crippen MR) is 82.1 cm³/mol. The molecular formula is C16H14Cl2O2. The normalized spacial score (nSPS) is 10.4. The van der Waals surface area contributed by atoms with E-state index in [-0.39, 0.29) is 0 Å². The van der Waals surface area contributed by atoms with Crippen molar-refractivity contribution >= 4 is 29.2 Å². The summed E-state index contributed by atoms with van der Waals surface area (Å²) >= 11 is 11.8. The lowest BCUT2D eigenvalue weighted by Gasteiger charge is -2.12. The molecule has 2 aromatic carbocycles. The van der Waals surface area contributed by atoms with Gasteiger partial charge in [0.25, 0.3) is 0 Å². The zero-order valence-corrected chi connectivity index (χ0v) is 13.0. The number of rotatable bonds is 2. The molecule has 20 heavy (non-hydrogen) atoms. The largest absolute Gasteiger partial charge is 0.422 e. The van der Waals surface area contributed by atoms with E-state index < -0.39 is 5.97 Å². The summed E-state index contributed by atoms with van der Waals surface area (Å²) in [4.78, 5) is 12.2. The Hall–Kier alpha value is -1.51. The van der Waals surface area contributed by atoms with Crippen molar-refractivity contribution in [1.29, 1.82) is 0 Å². The summed E-state index contributed by atoms with van der Waals surface area (Å²) in [6.45, 7) is 5.82. The molecule has 0 aliphatic heterocycles. The number of ether oxygens (including phenoxy) is 1. The van der Waals surface area contributed by atoms with E-state index in [9.17, 15) is 4.79 Å². The monoisotopic (exact) mass is 308 g/mol. The quantitative estimate of drug-likeness (QED) is 0.567. The SMILES string of the molecule is Cc1cc(C)c(OC(=O)c2cc(Cl)cc(Cl)c2)c(C)c1. The van der Waals surface area contributed by atoms with E-state index in [1.54, 1.807) is 6.07 Å². The maximum atomic E-state index is 12.2. The molecule has 0 heterocycles. The predicted octanol–water partition coefficient (Wildman–Crippen LogP) is 5.14. The van der Waals surface area contributed by atoms with Crippen LogP contribution in [0.1, 0.15) is 27.0 Å². The molecule has 2 rings (SSSR count). The van der Waals surface area contributed by atoms with Crippen LogP contribution in [0.4, 0.5) is 0 Å². The lowest BCUT2D eigenvalue weighted by molar-refractivity contribution is 0.0732. The fourth-order valence-corrected chi connectivity index (χ4v) is 2.68. The summed E-state index contributed by atoms with van der Waals surface area (Å²) in [6, 6.07) is 8.59. The highest BCUT2D eigenvalue weighted by molar-refractivity contribution is 6.35. The smallest absolute Gasteiger partial charge is 0.343 e. The molecule has 0 fully saturated rings. The Kier molecular flexibility index (Phi) is 4.36. The molecular weight excluding hydrogens is 295 g/mol. The molecule has 0 N–H and O–H groups in total. The van der Waals surface area contributed by atoms with Crippen molar-refractivity contribution in [2.24, 2.45) is 0 Å². The summed E-state index contributed by atoms with van der Waals surface area (Å²) in [5.74, 6) is 0.112. The lowest BCUT2D eigenvalue weighted by Crippen LogP contribution is -2.10. The van der Waals surface area contributed by atoms with Crippen LogP contribution in [0.3, 0.4) is 0 Å². The molecule has 0 amide bonds. The maximum Gasteiger partial charge on any atom is 0.343 e. The van der Waals surface area contributed by atoms with E-state index in [1.807, 2.05) is 32.9 Å². The first-order chi connectivity index (χ1) is 9.36. The Labute approximate surface area is 128 Å². The summed E-state index contributed by atoms with van der Waals surface area (Å²) in [6.07, 6.45) is 0. The molecule has 0 saturated carbocycles. The molecule has 104 valence electrons. The molecule has 2 nitrogen and oxygen atoms in total. The van der Waals surface area contributed by atoms with Crippen molar-refractivity contribution in [2.75, 3.05) is 0 Å². The summed E-state index contributed by atoms with van der Waals surface area (Å²) in [7, 11) is 0. The van der Waals surface area contributed by atoms with Crippen LogP contribution in [-0.2, 0) is 0 Å². The number of esters is 1. The van der Waals surface area contributed by atoms with Gasteiger partial charge < -0.3 is 4.74 Å².